The molecule has 0 aromatic carbocycles. The molecule has 3 aromatic heterocycles. The van der Waals surface area contributed by atoms with Crippen molar-refractivity contribution in [2.24, 2.45) is 11.3 Å². The van der Waals surface area contributed by atoms with Crippen LogP contribution in [0.1, 0.15) is 63.0 Å². The van der Waals surface area contributed by atoms with E-state index in [9.17, 15) is 18.0 Å². The first-order valence-electron chi connectivity index (χ1n) is 13.3. The van der Waals surface area contributed by atoms with E-state index in [1.807, 2.05) is 17.8 Å². The Labute approximate surface area is 246 Å². The second-order valence-corrected chi connectivity index (χ2v) is 12.8. The molecule has 1 amide bonds. The lowest BCUT2D eigenvalue weighted by molar-refractivity contribution is -0.219. The summed E-state index contributed by atoms with van der Waals surface area (Å²) >= 11 is 7.46. The number of carbonyl (C=O) groups is 1. The molecule has 0 spiro atoms. The number of alkyl halides is 3. The molecule has 0 bridgehead atoms. The monoisotopic (exact) mass is 613 g/mol. The lowest BCUT2D eigenvalue weighted by Crippen LogP contribution is -2.37. The second-order valence-electron chi connectivity index (χ2n) is 11.6. The van der Waals surface area contributed by atoms with Crippen LogP contribution in [0.15, 0.2) is 35.5 Å². The number of nitrogens with one attached hydrogen (secondary N) is 2. The van der Waals surface area contributed by atoms with Crippen molar-refractivity contribution in [3.05, 3.63) is 47.0 Å². The van der Waals surface area contributed by atoms with Crippen LogP contribution < -0.4 is 14.8 Å². The van der Waals surface area contributed by atoms with E-state index in [1.54, 1.807) is 0 Å². The van der Waals surface area contributed by atoms with E-state index in [0.29, 0.717) is 5.92 Å². The van der Waals surface area contributed by atoms with Gasteiger partial charge >= 0.3 is 6.18 Å². The van der Waals surface area contributed by atoms with Crippen molar-refractivity contribution in [3.63, 3.8) is 0 Å². The van der Waals surface area contributed by atoms with Gasteiger partial charge in [0.2, 0.25) is 5.88 Å². The summed E-state index contributed by atoms with van der Waals surface area (Å²) in [5.74, 6) is 0.535. The molecular weight excluding hydrogens is 579 g/mol. The molecular formula is C27H35ClF3N7O2S. The molecule has 4 rings (SSSR count). The molecule has 224 valence electrons. The molecule has 3 aromatic rings. The van der Waals surface area contributed by atoms with E-state index in [0.717, 1.165) is 62.3 Å². The first kappa shape index (κ1) is 31.2. The fourth-order valence-corrected chi connectivity index (χ4v) is 5.38. The molecule has 41 heavy (non-hydrogen) atoms. The SMILES string of the molecule is Cc1nn(CCCC2CNC(C)(C)C2)cc1SNC(=O)c1ccc(-n2ccc(OCC(C)(C)C(F)(F)F)n2)nc1Cl. The van der Waals surface area contributed by atoms with Crippen LogP contribution in [0.3, 0.4) is 0 Å². The van der Waals surface area contributed by atoms with Gasteiger partial charge in [-0.3, -0.25) is 14.2 Å². The van der Waals surface area contributed by atoms with Crippen LogP contribution in [0.2, 0.25) is 5.15 Å². The zero-order valence-corrected chi connectivity index (χ0v) is 25.3. The highest BCUT2D eigenvalue weighted by atomic mass is 35.5. The number of ether oxygens (including phenoxy) is 1. The quantitative estimate of drug-likeness (QED) is 0.202. The third kappa shape index (κ3) is 7.95. The number of aromatic nitrogens is 5. The fraction of sp³-hybridized carbons (Fsp3) is 0.556. The molecule has 0 aliphatic carbocycles. The fourth-order valence-electron chi connectivity index (χ4n) is 4.47. The molecule has 1 aliphatic rings. The predicted molar refractivity (Wildman–Crippen MR) is 151 cm³/mol. The summed E-state index contributed by atoms with van der Waals surface area (Å²) in [5.41, 5.74) is -0.844. The Hall–Kier alpha value is -2.77. The van der Waals surface area contributed by atoms with E-state index in [2.05, 4.69) is 39.1 Å². The molecule has 4 heterocycles. The number of pyridine rings is 1. The summed E-state index contributed by atoms with van der Waals surface area (Å²) < 4.78 is 50.4. The van der Waals surface area contributed by atoms with Crippen LogP contribution in [0, 0.1) is 18.3 Å². The van der Waals surface area contributed by atoms with Gasteiger partial charge in [0, 0.05) is 30.5 Å². The minimum Gasteiger partial charge on any atom is -0.476 e. The smallest absolute Gasteiger partial charge is 0.397 e. The van der Waals surface area contributed by atoms with Gasteiger partial charge in [-0.05, 0) is 90.4 Å². The summed E-state index contributed by atoms with van der Waals surface area (Å²) in [4.78, 5) is 17.9. The van der Waals surface area contributed by atoms with Gasteiger partial charge in [0.05, 0.1) is 21.6 Å². The minimum absolute atomic E-state index is 0.00822. The third-order valence-corrected chi connectivity index (χ3v) is 8.25. The second kappa shape index (κ2) is 12.2. The van der Waals surface area contributed by atoms with Crippen molar-refractivity contribution in [1.29, 1.82) is 0 Å². The Kier molecular flexibility index (Phi) is 9.29. The van der Waals surface area contributed by atoms with Gasteiger partial charge < -0.3 is 10.1 Å². The van der Waals surface area contributed by atoms with Gasteiger partial charge in [0.25, 0.3) is 5.91 Å². The zero-order valence-electron chi connectivity index (χ0n) is 23.7. The largest absolute Gasteiger partial charge is 0.476 e. The number of rotatable bonds is 11. The number of amides is 1. The molecule has 1 saturated heterocycles. The molecule has 14 heteroatoms. The van der Waals surface area contributed by atoms with Crippen molar-refractivity contribution >= 4 is 29.5 Å². The Morgan fingerprint density at radius 2 is 2.02 bits per heavy atom. The number of carbonyl (C=O) groups excluding carboxylic acids is 1. The van der Waals surface area contributed by atoms with Gasteiger partial charge in [0.15, 0.2) is 5.82 Å². The van der Waals surface area contributed by atoms with E-state index >= 15 is 0 Å². The summed E-state index contributed by atoms with van der Waals surface area (Å²) in [7, 11) is 0. The summed E-state index contributed by atoms with van der Waals surface area (Å²) in [6.07, 6.45) is 2.34. The Balaban J connectivity index is 1.29. The molecule has 0 saturated carbocycles. The maximum atomic E-state index is 13.1. The maximum absolute atomic E-state index is 13.1. The average Bonchev–Trinajstić information content (AvgIpc) is 3.59. The van der Waals surface area contributed by atoms with Gasteiger partial charge in [0.1, 0.15) is 11.8 Å². The van der Waals surface area contributed by atoms with E-state index in [4.69, 9.17) is 16.3 Å². The molecule has 1 unspecified atom stereocenters. The summed E-state index contributed by atoms with van der Waals surface area (Å²) in [5, 5.41) is 12.2. The van der Waals surface area contributed by atoms with Crippen molar-refractivity contribution < 1.29 is 22.7 Å². The highest BCUT2D eigenvalue weighted by Gasteiger charge is 2.48. The molecule has 1 fully saturated rings. The van der Waals surface area contributed by atoms with Crippen molar-refractivity contribution in [2.75, 3.05) is 13.2 Å². The molecule has 1 atom stereocenters. The van der Waals surface area contributed by atoms with E-state index in [-0.39, 0.29) is 28.0 Å². The van der Waals surface area contributed by atoms with E-state index < -0.39 is 24.1 Å². The Morgan fingerprint density at radius 1 is 1.27 bits per heavy atom. The summed E-state index contributed by atoms with van der Waals surface area (Å²) in [6, 6.07) is 4.46. The molecule has 1 aliphatic heterocycles. The van der Waals surface area contributed by atoms with Crippen LogP contribution >= 0.6 is 23.5 Å². The average molecular weight is 614 g/mol. The number of hydrogen-bond donors (Lipinski definition) is 2. The molecule has 9 nitrogen and oxygen atoms in total. The normalized spacial score (nSPS) is 17.1. The topological polar surface area (TPSA) is 98.9 Å². The molecule has 0 radical (unpaired) electrons. The van der Waals surface area contributed by atoms with Gasteiger partial charge in [-0.25, -0.2) is 9.67 Å². The van der Waals surface area contributed by atoms with Gasteiger partial charge in [-0.2, -0.15) is 18.3 Å². The number of halogens is 4. The number of hydrogen-bond acceptors (Lipinski definition) is 7. The van der Waals surface area contributed by atoms with Crippen molar-refractivity contribution in [1.82, 2.24) is 34.6 Å². The van der Waals surface area contributed by atoms with Crippen molar-refractivity contribution in [2.45, 2.75) is 77.0 Å². The predicted octanol–water partition coefficient (Wildman–Crippen LogP) is 6.00. The number of nitrogens with zero attached hydrogens (tertiary/aromatic N) is 5. The van der Waals surface area contributed by atoms with Crippen LogP contribution in [0.5, 0.6) is 5.88 Å². The molecule has 2 N–H and O–H groups in total. The first-order chi connectivity index (χ1) is 19.1. The van der Waals surface area contributed by atoms with E-state index in [1.165, 1.54) is 35.5 Å². The maximum Gasteiger partial charge on any atom is 0.397 e. The first-order valence-corrected chi connectivity index (χ1v) is 14.5. The minimum atomic E-state index is -4.41. The standard InChI is InChI=1S/C27H35ClF3N7O2S/c1-17-20(15-37(34-17)11-6-7-18-13-26(4,5)32-14-18)41-36-24(39)19-8-9-21(33-23(19)28)38-12-10-22(35-38)40-16-25(2,3)27(29,30)31/h8-10,12,15,18,32H,6-7,11,13-14,16H2,1-5H3,(H,36,39). The van der Waals surface area contributed by atoms with Crippen molar-refractivity contribution in [3.8, 4) is 11.7 Å². The third-order valence-electron chi connectivity index (χ3n) is 7.05. The highest BCUT2D eigenvalue weighted by molar-refractivity contribution is 7.98. The van der Waals surface area contributed by atoms with Crippen LogP contribution in [-0.4, -0.2) is 55.3 Å². The Morgan fingerprint density at radius 3 is 2.68 bits per heavy atom. The Bertz CT molecular complexity index is 1370. The van der Waals surface area contributed by atoms with Crippen LogP contribution in [0.4, 0.5) is 13.2 Å². The zero-order chi connectivity index (χ0) is 30.0. The van der Waals surface area contributed by atoms with Gasteiger partial charge in [-0.15, -0.1) is 5.10 Å². The van der Waals surface area contributed by atoms with Crippen LogP contribution in [-0.2, 0) is 6.54 Å². The summed E-state index contributed by atoms with van der Waals surface area (Å²) in [6.45, 7) is 9.74. The highest BCUT2D eigenvalue weighted by Crippen LogP contribution is 2.37. The lowest BCUT2D eigenvalue weighted by Gasteiger charge is -2.26. The van der Waals surface area contributed by atoms with Gasteiger partial charge in [-0.1, -0.05) is 11.6 Å². The number of aryl methyl sites for hydroxylation is 2. The lowest BCUT2D eigenvalue weighted by atomic mass is 9.94. The van der Waals surface area contributed by atoms with Crippen LogP contribution in [0.25, 0.3) is 5.82 Å².